The summed E-state index contributed by atoms with van der Waals surface area (Å²) < 4.78 is 8.34. The van der Waals surface area contributed by atoms with E-state index in [0.29, 0.717) is 17.6 Å². The Bertz CT molecular complexity index is 931. The Labute approximate surface area is 138 Å². The summed E-state index contributed by atoms with van der Waals surface area (Å²) in [6.07, 6.45) is 5.30. The first-order valence-corrected chi connectivity index (χ1v) is 7.43. The third-order valence-corrected chi connectivity index (χ3v) is 3.43. The lowest BCUT2D eigenvalue weighted by atomic mass is 10.1. The van der Waals surface area contributed by atoms with Gasteiger partial charge in [-0.05, 0) is 39.0 Å². The van der Waals surface area contributed by atoms with Crippen molar-refractivity contribution in [1.29, 1.82) is 0 Å². The van der Waals surface area contributed by atoms with Crippen molar-refractivity contribution in [1.82, 2.24) is 14.0 Å². The smallest absolute Gasteiger partial charge is 0.418 e. The van der Waals surface area contributed by atoms with E-state index in [0.717, 1.165) is 11.1 Å². The van der Waals surface area contributed by atoms with Crippen LogP contribution in [0.1, 0.15) is 31.3 Å². The van der Waals surface area contributed by atoms with Gasteiger partial charge >= 0.3 is 6.09 Å². The van der Waals surface area contributed by atoms with Crippen LogP contribution < -0.4 is 5.73 Å². The summed E-state index contributed by atoms with van der Waals surface area (Å²) in [4.78, 5) is 27.4. The van der Waals surface area contributed by atoms with Crippen LogP contribution in [-0.4, -0.2) is 31.9 Å². The predicted molar refractivity (Wildman–Crippen MR) is 90.0 cm³/mol. The number of nitrogens with zero attached hydrogens (tertiary/aromatic N) is 3. The van der Waals surface area contributed by atoms with E-state index in [4.69, 9.17) is 10.5 Å². The van der Waals surface area contributed by atoms with Gasteiger partial charge in [-0.15, -0.1) is 0 Å². The van der Waals surface area contributed by atoms with Gasteiger partial charge in [-0.2, -0.15) is 0 Å². The summed E-state index contributed by atoms with van der Waals surface area (Å²) in [5, 5.41) is 0. The second kappa shape index (κ2) is 5.52. The largest absolute Gasteiger partial charge is 0.443 e. The van der Waals surface area contributed by atoms with E-state index in [1.165, 1.54) is 4.57 Å². The summed E-state index contributed by atoms with van der Waals surface area (Å²) in [5.41, 5.74) is 7.69. The summed E-state index contributed by atoms with van der Waals surface area (Å²) in [5.74, 6) is 0.188. The van der Waals surface area contributed by atoms with Crippen LogP contribution in [0.3, 0.4) is 0 Å². The van der Waals surface area contributed by atoms with E-state index >= 15 is 0 Å². The molecule has 2 N–H and O–H groups in total. The third kappa shape index (κ3) is 2.88. The van der Waals surface area contributed by atoms with Crippen molar-refractivity contribution in [3.05, 3.63) is 42.5 Å². The van der Waals surface area contributed by atoms with E-state index in [1.807, 2.05) is 26.8 Å². The van der Waals surface area contributed by atoms with E-state index in [9.17, 15) is 9.59 Å². The number of aldehydes is 1. The molecule has 124 valence electrons. The van der Waals surface area contributed by atoms with Crippen LogP contribution in [0.4, 0.5) is 10.6 Å². The monoisotopic (exact) mass is 326 g/mol. The maximum atomic E-state index is 12.1. The normalized spacial score (nSPS) is 11.6. The molecule has 0 spiro atoms. The van der Waals surface area contributed by atoms with Crippen LogP contribution in [0.2, 0.25) is 0 Å². The number of imidazole rings is 1. The number of hydrogen-bond acceptors (Lipinski definition) is 5. The van der Waals surface area contributed by atoms with Gasteiger partial charge in [0.25, 0.3) is 0 Å². The van der Waals surface area contributed by atoms with Crippen molar-refractivity contribution >= 4 is 23.8 Å². The van der Waals surface area contributed by atoms with Crippen LogP contribution in [0, 0.1) is 0 Å². The van der Waals surface area contributed by atoms with Gasteiger partial charge in [0.05, 0.1) is 0 Å². The Morgan fingerprint density at radius 2 is 1.92 bits per heavy atom. The van der Waals surface area contributed by atoms with Gasteiger partial charge in [0, 0.05) is 29.7 Å². The number of pyridine rings is 1. The molecule has 0 saturated heterocycles. The molecular formula is C17H18N4O3. The fourth-order valence-electron chi connectivity index (χ4n) is 2.36. The average Bonchev–Trinajstić information content (AvgIpc) is 3.08. The minimum Gasteiger partial charge on any atom is -0.443 e. The number of rotatable bonds is 2. The van der Waals surface area contributed by atoms with Crippen molar-refractivity contribution in [2.24, 2.45) is 0 Å². The average molecular weight is 326 g/mol. The lowest BCUT2D eigenvalue weighted by molar-refractivity contribution is 0.0537. The van der Waals surface area contributed by atoms with E-state index in [2.05, 4.69) is 4.98 Å². The third-order valence-electron chi connectivity index (χ3n) is 3.43. The Morgan fingerprint density at radius 1 is 1.21 bits per heavy atom. The van der Waals surface area contributed by atoms with Crippen molar-refractivity contribution in [2.45, 2.75) is 26.4 Å². The number of ether oxygens (including phenoxy) is 1. The number of carbonyl (C=O) groups excluding carboxylic acids is 2. The quantitative estimate of drug-likeness (QED) is 0.731. The molecule has 0 amide bonds. The summed E-state index contributed by atoms with van der Waals surface area (Å²) in [6.45, 7) is 5.44. The molecule has 0 aromatic carbocycles. The minimum atomic E-state index is -0.562. The molecule has 0 aliphatic heterocycles. The topological polar surface area (TPSA) is 91.6 Å². The van der Waals surface area contributed by atoms with E-state index in [-0.39, 0.29) is 5.82 Å². The van der Waals surface area contributed by atoms with Crippen LogP contribution in [0.5, 0.6) is 0 Å². The Morgan fingerprint density at radius 3 is 2.58 bits per heavy atom. The molecular weight excluding hydrogens is 308 g/mol. The number of nitrogens with two attached hydrogens (primary N) is 1. The van der Waals surface area contributed by atoms with Gasteiger partial charge in [-0.3, -0.25) is 13.8 Å². The van der Waals surface area contributed by atoms with Gasteiger partial charge < -0.3 is 10.5 Å². The molecule has 24 heavy (non-hydrogen) atoms. The molecule has 0 atom stereocenters. The molecule has 0 bridgehead atoms. The number of hydrogen-bond donors (Lipinski definition) is 1. The molecule has 7 heteroatoms. The zero-order valence-electron chi connectivity index (χ0n) is 13.7. The molecule has 3 rings (SSSR count). The molecule has 7 nitrogen and oxygen atoms in total. The lowest BCUT2D eigenvalue weighted by Gasteiger charge is -2.19. The second-order valence-electron chi connectivity index (χ2n) is 6.43. The number of fused-ring (bicyclic) bond motifs is 1. The number of anilines is 1. The molecule has 0 aliphatic rings. The maximum absolute atomic E-state index is 12.1. The fourth-order valence-corrected chi connectivity index (χ4v) is 2.36. The van der Waals surface area contributed by atoms with Crippen molar-refractivity contribution in [2.75, 3.05) is 5.73 Å². The van der Waals surface area contributed by atoms with Crippen molar-refractivity contribution in [3.8, 4) is 11.1 Å². The molecule has 3 aromatic heterocycles. The van der Waals surface area contributed by atoms with Crippen LogP contribution >= 0.6 is 0 Å². The first-order valence-electron chi connectivity index (χ1n) is 7.43. The highest BCUT2D eigenvalue weighted by Crippen LogP contribution is 2.23. The fraction of sp³-hybridized carbons (Fsp3) is 0.235. The minimum absolute atomic E-state index is 0.188. The molecule has 3 heterocycles. The lowest BCUT2D eigenvalue weighted by Crippen LogP contribution is -2.26. The maximum Gasteiger partial charge on any atom is 0.418 e. The zero-order chi connectivity index (χ0) is 17.5. The van der Waals surface area contributed by atoms with Crippen LogP contribution in [0.15, 0.2) is 36.8 Å². The molecule has 0 fully saturated rings. The number of aromatic nitrogens is 3. The summed E-state index contributed by atoms with van der Waals surface area (Å²) >= 11 is 0. The van der Waals surface area contributed by atoms with Gasteiger partial charge in [-0.1, -0.05) is 0 Å². The van der Waals surface area contributed by atoms with Crippen molar-refractivity contribution < 1.29 is 14.3 Å². The van der Waals surface area contributed by atoms with Gasteiger partial charge in [0.1, 0.15) is 16.9 Å². The second-order valence-corrected chi connectivity index (χ2v) is 6.43. The standard InChI is InChI=1S/C17H18N4O3/c1-17(2,3)24-16(23)20-7-6-12(8-20)11-4-5-14-19-15(18)13(10-22)21(14)9-11/h4-10H,18H2,1-3H3. The molecule has 0 aliphatic carbocycles. The van der Waals surface area contributed by atoms with Gasteiger partial charge in [-0.25, -0.2) is 9.78 Å². The highest BCUT2D eigenvalue weighted by Gasteiger charge is 2.18. The van der Waals surface area contributed by atoms with E-state index < -0.39 is 11.7 Å². The molecule has 0 saturated carbocycles. The summed E-state index contributed by atoms with van der Waals surface area (Å²) in [7, 11) is 0. The summed E-state index contributed by atoms with van der Waals surface area (Å²) in [6, 6.07) is 5.42. The number of nitrogen functional groups attached to an aromatic ring is 1. The first kappa shape index (κ1) is 15.8. The highest BCUT2D eigenvalue weighted by atomic mass is 16.6. The Balaban J connectivity index is 1.97. The van der Waals surface area contributed by atoms with E-state index in [1.54, 1.807) is 35.1 Å². The van der Waals surface area contributed by atoms with Gasteiger partial charge in [0.2, 0.25) is 0 Å². The van der Waals surface area contributed by atoms with Crippen molar-refractivity contribution in [3.63, 3.8) is 0 Å². The molecule has 0 radical (unpaired) electrons. The van der Waals surface area contributed by atoms with Gasteiger partial charge in [0.15, 0.2) is 12.1 Å². The SMILES string of the molecule is CC(C)(C)OC(=O)n1ccc(-c2ccc3nc(N)c(C=O)n3c2)c1. The highest BCUT2D eigenvalue weighted by molar-refractivity contribution is 5.82. The Kier molecular flexibility index (Phi) is 3.63. The zero-order valence-corrected chi connectivity index (χ0v) is 13.7. The predicted octanol–water partition coefficient (Wildman–Crippen LogP) is 2.98. The number of carbonyl (C=O) groups is 2. The molecule has 3 aromatic rings. The Hall–Kier alpha value is -3.09. The molecule has 0 unspecified atom stereocenters. The van der Waals surface area contributed by atoms with Crippen LogP contribution in [0.25, 0.3) is 16.8 Å². The van der Waals surface area contributed by atoms with Crippen LogP contribution in [-0.2, 0) is 4.74 Å². The first-order chi connectivity index (χ1) is 11.3.